The Morgan fingerprint density at radius 1 is 1.29 bits per heavy atom. The van der Waals surface area contributed by atoms with Crippen molar-refractivity contribution in [1.82, 2.24) is 9.55 Å². The maximum Gasteiger partial charge on any atom is 0.263 e. The first kappa shape index (κ1) is 16.6. The lowest BCUT2D eigenvalue weighted by atomic mass is 9.93. The van der Waals surface area contributed by atoms with Crippen LogP contribution in [-0.4, -0.2) is 21.4 Å². The predicted molar refractivity (Wildman–Crippen MR) is 100 cm³/mol. The van der Waals surface area contributed by atoms with Crippen LogP contribution < -0.4 is 5.56 Å². The van der Waals surface area contributed by atoms with E-state index in [0.717, 1.165) is 34.6 Å². The molecule has 1 saturated carbocycles. The SMILES string of the molecule is CSc1nc2sc3c(c2c(=O)n1C1CCCCC1)CC(C)(C)OC3. The van der Waals surface area contributed by atoms with Gasteiger partial charge in [-0.3, -0.25) is 9.36 Å². The topological polar surface area (TPSA) is 44.1 Å². The van der Waals surface area contributed by atoms with E-state index in [1.54, 1.807) is 23.1 Å². The molecule has 0 spiro atoms. The number of thiophene rings is 1. The molecule has 0 bridgehead atoms. The third-order valence-electron chi connectivity index (χ3n) is 5.23. The van der Waals surface area contributed by atoms with Gasteiger partial charge in [-0.05, 0) is 38.5 Å². The van der Waals surface area contributed by atoms with E-state index < -0.39 is 0 Å². The molecule has 2 aromatic heterocycles. The molecule has 4 rings (SSSR count). The van der Waals surface area contributed by atoms with Crippen LogP contribution in [0.4, 0.5) is 0 Å². The second-order valence-corrected chi connectivity index (χ2v) is 9.33. The number of ether oxygens (including phenoxy) is 1. The Morgan fingerprint density at radius 2 is 2.04 bits per heavy atom. The van der Waals surface area contributed by atoms with E-state index in [1.807, 2.05) is 10.8 Å². The summed E-state index contributed by atoms with van der Waals surface area (Å²) in [4.78, 5) is 20.4. The van der Waals surface area contributed by atoms with E-state index in [1.165, 1.54) is 29.7 Å². The van der Waals surface area contributed by atoms with Crippen LogP contribution in [0.15, 0.2) is 9.95 Å². The van der Waals surface area contributed by atoms with Crippen LogP contribution in [-0.2, 0) is 17.8 Å². The quantitative estimate of drug-likeness (QED) is 0.580. The van der Waals surface area contributed by atoms with Gasteiger partial charge in [0.2, 0.25) is 0 Å². The lowest BCUT2D eigenvalue weighted by Crippen LogP contribution is -2.33. The van der Waals surface area contributed by atoms with Crippen molar-refractivity contribution >= 4 is 33.3 Å². The summed E-state index contributed by atoms with van der Waals surface area (Å²) in [6, 6.07) is 0.314. The summed E-state index contributed by atoms with van der Waals surface area (Å²) < 4.78 is 7.93. The van der Waals surface area contributed by atoms with Gasteiger partial charge in [0.25, 0.3) is 5.56 Å². The maximum atomic E-state index is 13.4. The minimum Gasteiger partial charge on any atom is -0.370 e. The Labute approximate surface area is 150 Å². The number of aromatic nitrogens is 2. The van der Waals surface area contributed by atoms with Gasteiger partial charge in [-0.2, -0.15) is 0 Å². The number of thioether (sulfide) groups is 1. The fourth-order valence-corrected chi connectivity index (χ4v) is 5.75. The standard InChI is InChI=1S/C18H24N2O2S2/c1-18(2)9-12-13(10-22-18)24-15-14(12)16(21)20(17(19-15)23-3)11-7-5-4-6-8-11/h11H,4-10H2,1-3H3. The van der Waals surface area contributed by atoms with Gasteiger partial charge in [-0.25, -0.2) is 4.98 Å². The molecule has 1 fully saturated rings. The Bertz CT molecular complexity index is 832. The van der Waals surface area contributed by atoms with Crippen molar-refractivity contribution in [1.29, 1.82) is 0 Å². The van der Waals surface area contributed by atoms with E-state index in [4.69, 9.17) is 9.72 Å². The molecule has 0 saturated heterocycles. The van der Waals surface area contributed by atoms with Crippen LogP contribution in [0.2, 0.25) is 0 Å². The fourth-order valence-electron chi connectivity index (χ4n) is 3.99. The van der Waals surface area contributed by atoms with E-state index in [0.29, 0.717) is 12.6 Å². The summed E-state index contributed by atoms with van der Waals surface area (Å²) in [6.07, 6.45) is 8.73. The van der Waals surface area contributed by atoms with Gasteiger partial charge >= 0.3 is 0 Å². The zero-order valence-corrected chi connectivity index (χ0v) is 16.2. The highest BCUT2D eigenvalue weighted by atomic mass is 32.2. The molecule has 0 aromatic carbocycles. The molecule has 24 heavy (non-hydrogen) atoms. The second kappa shape index (κ2) is 6.15. The molecule has 3 heterocycles. The third kappa shape index (κ3) is 2.72. The largest absolute Gasteiger partial charge is 0.370 e. The van der Waals surface area contributed by atoms with Crippen LogP contribution in [0.25, 0.3) is 10.2 Å². The van der Waals surface area contributed by atoms with Gasteiger partial charge in [0.05, 0.1) is 17.6 Å². The fraction of sp³-hybridized carbons (Fsp3) is 0.667. The highest BCUT2D eigenvalue weighted by molar-refractivity contribution is 7.98. The van der Waals surface area contributed by atoms with E-state index in [-0.39, 0.29) is 11.2 Å². The molecule has 0 atom stereocenters. The van der Waals surface area contributed by atoms with Gasteiger partial charge in [-0.15, -0.1) is 11.3 Å². The molecule has 0 radical (unpaired) electrons. The van der Waals surface area contributed by atoms with Crippen LogP contribution in [0, 0.1) is 0 Å². The number of nitrogens with zero attached hydrogens (tertiary/aromatic N) is 2. The first-order chi connectivity index (χ1) is 11.5. The van der Waals surface area contributed by atoms with E-state index in [9.17, 15) is 4.79 Å². The molecule has 0 N–H and O–H groups in total. The Hall–Kier alpha value is -0.850. The average molecular weight is 365 g/mol. The lowest BCUT2D eigenvalue weighted by Gasteiger charge is -2.30. The third-order valence-corrected chi connectivity index (χ3v) is 6.98. The molecule has 1 aliphatic carbocycles. The van der Waals surface area contributed by atoms with Gasteiger partial charge in [0.1, 0.15) is 4.83 Å². The maximum absolute atomic E-state index is 13.4. The molecule has 0 amide bonds. The summed E-state index contributed by atoms with van der Waals surface area (Å²) in [6.45, 7) is 4.80. The molecule has 4 nitrogen and oxygen atoms in total. The number of hydrogen-bond acceptors (Lipinski definition) is 5. The Morgan fingerprint density at radius 3 is 2.75 bits per heavy atom. The van der Waals surface area contributed by atoms with Gasteiger partial charge in [-0.1, -0.05) is 31.0 Å². The van der Waals surface area contributed by atoms with E-state index in [2.05, 4.69) is 13.8 Å². The normalized spacial score (nSPS) is 21.1. The summed E-state index contributed by atoms with van der Waals surface area (Å²) in [5.74, 6) is 0. The van der Waals surface area contributed by atoms with Crippen LogP contribution >= 0.6 is 23.1 Å². The first-order valence-corrected chi connectivity index (χ1v) is 10.8. The molecule has 1 aliphatic heterocycles. The number of hydrogen-bond donors (Lipinski definition) is 0. The van der Waals surface area contributed by atoms with Crippen LogP contribution in [0.1, 0.15) is 62.4 Å². The molecule has 2 aromatic rings. The zero-order valence-electron chi connectivity index (χ0n) is 14.6. The van der Waals surface area contributed by atoms with Crippen molar-refractivity contribution in [2.75, 3.05) is 6.26 Å². The van der Waals surface area contributed by atoms with Crippen molar-refractivity contribution in [2.24, 2.45) is 0 Å². The van der Waals surface area contributed by atoms with Crippen molar-refractivity contribution in [3.05, 3.63) is 20.8 Å². The number of fused-ring (bicyclic) bond motifs is 3. The minimum atomic E-state index is -0.207. The number of rotatable bonds is 2. The minimum absolute atomic E-state index is 0.173. The molecule has 6 heteroatoms. The summed E-state index contributed by atoms with van der Waals surface area (Å²) >= 11 is 3.23. The van der Waals surface area contributed by atoms with Crippen molar-refractivity contribution < 1.29 is 4.74 Å². The summed E-state index contributed by atoms with van der Waals surface area (Å²) in [5, 5.41) is 1.73. The van der Waals surface area contributed by atoms with Gasteiger partial charge in [0, 0.05) is 17.3 Å². The smallest absolute Gasteiger partial charge is 0.263 e. The molecule has 0 unspecified atom stereocenters. The van der Waals surface area contributed by atoms with Crippen molar-refractivity contribution in [2.45, 2.75) is 75.8 Å². The van der Waals surface area contributed by atoms with Crippen molar-refractivity contribution in [3.63, 3.8) is 0 Å². The van der Waals surface area contributed by atoms with Crippen LogP contribution in [0.5, 0.6) is 0 Å². The monoisotopic (exact) mass is 364 g/mol. The van der Waals surface area contributed by atoms with Gasteiger partial charge in [0.15, 0.2) is 5.16 Å². The average Bonchev–Trinajstić information content (AvgIpc) is 2.92. The first-order valence-electron chi connectivity index (χ1n) is 8.75. The molecular formula is C18H24N2O2S2. The molecule has 2 aliphatic rings. The van der Waals surface area contributed by atoms with Gasteiger partial charge < -0.3 is 4.74 Å². The highest BCUT2D eigenvalue weighted by Crippen LogP contribution is 2.38. The van der Waals surface area contributed by atoms with Crippen LogP contribution in [0.3, 0.4) is 0 Å². The highest BCUT2D eigenvalue weighted by Gasteiger charge is 2.32. The van der Waals surface area contributed by atoms with E-state index >= 15 is 0 Å². The summed E-state index contributed by atoms with van der Waals surface area (Å²) in [5.41, 5.74) is 1.15. The molecular weight excluding hydrogens is 340 g/mol. The zero-order chi connectivity index (χ0) is 16.9. The second-order valence-electron chi connectivity index (χ2n) is 7.47. The Kier molecular flexibility index (Phi) is 4.25. The molecule has 130 valence electrons. The lowest BCUT2D eigenvalue weighted by molar-refractivity contribution is -0.0379. The van der Waals surface area contributed by atoms with Crippen molar-refractivity contribution in [3.8, 4) is 0 Å². The predicted octanol–water partition coefficient (Wildman–Crippen LogP) is 4.54. The summed E-state index contributed by atoms with van der Waals surface area (Å²) in [7, 11) is 0. The Balaban J connectivity index is 1.93.